The van der Waals surface area contributed by atoms with E-state index in [0.29, 0.717) is 17.5 Å². The number of fused-ring (bicyclic) bond motifs is 5. The van der Waals surface area contributed by atoms with Gasteiger partial charge in [-0.2, -0.15) is 0 Å². The normalized spacial score (nSPS) is 11.6. The first-order valence-corrected chi connectivity index (χ1v) is 15.0. The predicted molar refractivity (Wildman–Crippen MR) is 184 cm³/mol. The van der Waals surface area contributed by atoms with Crippen LogP contribution in [0, 0.1) is 0 Å². The average Bonchev–Trinajstić information content (AvgIpc) is 3.50. The van der Waals surface area contributed by atoms with E-state index in [0.717, 1.165) is 65.9 Å². The van der Waals surface area contributed by atoms with Gasteiger partial charge in [0, 0.05) is 33.0 Å². The summed E-state index contributed by atoms with van der Waals surface area (Å²) in [7, 11) is 0. The fraction of sp³-hybridized carbons (Fsp3) is 0. The molecule has 0 aliphatic heterocycles. The molecule has 0 saturated heterocycles. The monoisotopic (exact) mass is 575 g/mol. The highest BCUT2D eigenvalue weighted by molar-refractivity contribution is 6.13. The molecule has 0 spiro atoms. The quantitative estimate of drug-likeness (QED) is 0.209. The summed E-state index contributed by atoms with van der Waals surface area (Å²) in [5.41, 5.74) is 6.45. The number of nitrogens with zero attached hydrogens (tertiary/aromatic N) is 3. The van der Waals surface area contributed by atoms with Crippen LogP contribution in [0.5, 0.6) is 0 Å². The average molecular weight is 576 g/mol. The van der Waals surface area contributed by atoms with Gasteiger partial charge in [-0.3, -0.25) is 0 Å². The molecule has 9 aromatic rings. The molecule has 45 heavy (non-hydrogen) atoms. The Bertz CT molecular complexity index is 2540. The minimum Gasteiger partial charge on any atom is -0.455 e. The summed E-state index contributed by atoms with van der Waals surface area (Å²) in [4.78, 5) is 15.4. The summed E-state index contributed by atoms with van der Waals surface area (Å²) >= 11 is 0. The van der Waals surface area contributed by atoms with E-state index in [1.165, 1.54) is 5.39 Å². The fourth-order valence-electron chi connectivity index (χ4n) is 6.36. The van der Waals surface area contributed by atoms with Crippen molar-refractivity contribution in [3.8, 4) is 45.3 Å². The smallest absolute Gasteiger partial charge is 0.164 e. The number of furan rings is 1. The highest BCUT2D eigenvalue weighted by Crippen LogP contribution is 2.42. The van der Waals surface area contributed by atoms with Crippen LogP contribution in [-0.2, 0) is 0 Å². The Balaban J connectivity index is 1.37. The Kier molecular flexibility index (Phi) is 5.78. The van der Waals surface area contributed by atoms with Crippen LogP contribution in [-0.4, -0.2) is 15.0 Å². The molecule has 2 heterocycles. The fourth-order valence-corrected chi connectivity index (χ4v) is 6.36. The molecule has 0 aliphatic rings. The molecule has 210 valence electrons. The van der Waals surface area contributed by atoms with E-state index in [4.69, 9.17) is 19.4 Å². The number of benzene rings is 7. The first kappa shape index (κ1) is 25.4. The van der Waals surface area contributed by atoms with Gasteiger partial charge in [-0.05, 0) is 51.4 Å². The Labute approximate surface area is 259 Å². The van der Waals surface area contributed by atoms with E-state index in [1.807, 2.05) is 42.5 Å². The zero-order valence-electron chi connectivity index (χ0n) is 24.2. The Morgan fingerprint density at radius 2 is 1.04 bits per heavy atom. The van der Waals surface area contributed by atoms with Gasteiger partial charge < -0.3 is 4.42 Å². The number of hydrogen-bond donors (Lipinski definition) is 0. The predicted octanol–water partition coefficient (Wildman–Crippen LogP) is 10.7. The number of hydrogen-bond acceptors (Lipinski definition) is 4. The number of para-hydroxylation sites is 1. The van der Waals surface area contributed by atoms with Crippen LogP contribution >= 0.6 is 0 Å². The molecule has 0 N–H and O–H groups in total. The molecule has 4 heteroatoms. The summed E-state index contributed by atoms with van der Waals surface area (Å²) in [6.07, 6.45) is 0. The van der Waals surface area contributed by atoms with Gasteiger partial charge in [0.25, 0.3) is 0 Å². The molecule has 0 unspecified atom stereocenters. The zero-order valence-corrected chi connectivity index (χ0v) is 24.2. The van der Waals surface area contributed by atoms with E-state index in [2.05, 4.69) is 109 Å². The Morgan fingerprint density at radius 1 is 0.378 bits per heavy atom. The lowest BCUT2D eigenvalue weighted by Crippen LogP contribution is -2.01. The molecule has 0 atom stereocenters. The van der Waals surface area contributed by atoms with Crippen molar-refractivity contribution in [3.05, 3.63) is 152 Å². The van der Waals surface area contributed by atoms with Gasteiger partial charge in [0.05, 0.1) is 0 Å². The van der Waals surface area contributed by atoms with E-state index in [-0.39, 0.29) is 0 Å². The summed E-state index contributed by atoms with van der Waals surface area (Å²) in [6.45, 7) is 0. The molecule has 0 aliphatic carbocycles. The van der Waals surface area contributed by atoms with Crippen LogP contribution in [0.3, 0.4) is 0 Å². The highest BCUT2D eigenvalue weighted by Gasteiger charge is 2.21. The highest BCUT2D eigenvalue weighted by atomic mass is 16.3. The largest absolute Gasteiger partial charge is 0.455 e. The molecule has 2 aromatic heterocycles. The van der Waals surface area contributed by atoms with Gasteiger partial charge >= 0.3 is 0 Å². The van der Waals surface area contributed by atoms with Gasteiger partial charge in [0.15, 0.2) is 17.5 Å². The van der Waals surface area contributed by atoms with Crippen molar-refractivity contribution >= 4 is 43.5 Å². The minimum absolute atomic E-state index is 0.595. The van der Waals surface area contributed by atoms with Crippen molar-refractivity contribution in [3.63, 3.8) is 0 Å². The lowest BCUT2D eigenvalue weighted by atomic mass is 9.94. The van der Waals surface area contributed by atoms with E-state index < -0.39 is 0 Å². The molecule has 9 rings (SSSR count). The van der Waals surface area contributed by atoms with Crippen molar-refractivity contribution < 1.29 is 4.42 Å². The van der Waals surface area contributed by atoms with E-state index in [1.54, 1.807) is 0 Å². The molecule has 0 fully saturated rings. The van der Waals surface area contributed by atoms with Gasteiger partial charge in [0.1, 0.15) is 11.2 Å². The maximum absolute atomic E-state index is 6.63. The van der Waals surface area contributed by atoms with Crippen molar-refractivity contribution in [2.45, 2.75) is 0 Å². The van der Waals surface area contributed by atoms with Crippen LogP contribution in [0.2, 0.25) is 0 Å². The lowest BCUT2D eigenvalue weighted by Gasteiger charge is -2.14. The molecular weight excluding hydrogens is 550 g/mol. The molecule has 7 aromatic carbocycles. The topological polar surface area (TPSA) is 51.8 Å². The first-order valence-electron chi connectivity index (χ1n) is 15.0. The second-order valence-corrected chi connectivity index (χ2v) is 11.2. The standard InChI is InChI=1S/C41H25N3O/c1-2-13-28(14-3-1)39-42-40(34-19-10-16-27-12-6-7-17-31(27)34)44-41(43-39)35-24-23-33-32-18-8-9-20-36(32)45-38(33)37(35)30-22-21-26-11-4-5-15-29(26)25-30/h1-25H. The van der Waals surface area contributed by atoms with Crippen molar-refractivity contribution in [1.82, 2.24) is 15.0 Å². The van der Waals surface area contributed by atoms with Gasteiger partial charge in [0.2, 0.25) is 0 Å². The van der Waals surface area contributed by atoms with Gasteiger partial charge in [-0.1, -0.05) is 127 Å². The van der Waals surface area contributed by atoms with Crippen molar-refractivity contribution in [2.24, 2.45) is 0 Å². The maximum atomic E-state index is 6.63. The third kappa shape index (κ3) is 4.27. The van der Waals surface area contributed by atoms with Crippen LogP contribution in [0.25, 0.3) is 88.8 Å². The van der Waals surface area contributed by atoms with Crippen molar-refractivity contribution in [1.29, 1.82) is 0 Å². The molecule has 0 bridgehead atoms. The van der Waals surface area contributed by atoms with Crippen LogP contribution < -0.4 is 0 Å². The van der Waals surface area contributed by atoms with Crippen LogP contribution in [0.1, 0.15) is 0 Å². The zero-order chi connectivity index (χ0) is 29.7. The van der Waals surface area contributed by atoms with Crippen LogP contribution in [0.4, 0.5) is 0 Å². The summed E-state index contributed by atoms with van der Waals surface area (Å²) < 4.78 is 6.63. The summed E-state index contributed by atoms with van der Waals surface area (Å²) in [5.74, 6) is 1.85. The third-order valence-electron chi connectivity index (χ3n) is 8.52. The maximum Gasteiger partial charge on any atom is 0.164 e. The first-order chi connectivity index (χ1) is 22.3. The minimum atomic E-state index is 0.595. The number of rotatable bonds is 4. The molecule has 0 amide bonds. The van der Waals surface area contributed by atoms with E-state index in [9.17, 15) is 0 Å². The van der Waals surface area contributed by atoms with E-state index >= 15 is 0 Å². The second-order valence-electron chi connectivity index (χ2n) is 11.2. The third-order valence-corrected chi connectivity index (χ3v) is 8.52. The summed E-state index contributed by atoms with van der Waals surface area (Å²) in [6, 6.07) is 52.2. The summed E-state index contributed by atoms with van der Waals surface area (Å²) in [5, 5.41) is 6.72. The second kappa shape index (κ2) is 10.2. The number of aromatic nitrogens is 3. The van der Waals surface area contributed by atoms with Crippen molar-refractivity contribution in [2.75, 3.05) is 0 Å². The van der Waals surface area contributed by atoms with Crippen LogP contribution in [0.15, 0.2) is 156 Å². The molecule has 0 radical (unpaired) electrons. The Hall–Kier alpha value is -6.13. The molecule has 4 nitrogen and oxygen atoms in total. The molecule has 0 saturated carbocycles. The molecular formula is C41H25N3O. The Morgan fingerprint density at radius 3 is 1.91 bits per heavy atom. The SMILES string of the molecule is c1ccc(-c2nc(-c3ccc4c(oc5ccccc54)c3-c3ccc4ccccc4c3)nc(-c3cccc4ccccc34)n2)cc1. The van der Waals surface area contributed by atoms with Gasteiger partial charge in [-0.25, -0.2) is 15.0 Å². The lowest BCUT2D eigenvalue weighted by molar-refractivity contribution is 0.670. The van der Waals surface area contributed by atoms with Gasteiger partial charge in [-0.15, -0.1) is 0 Å².